The van der Waals surface area contributed by atoms with Crippen molar-refractivity contribution >= 4 is 11.2 Å². The third-order valence-electron chi connectivity index (χ3n) is 5.37. The molecular weight excluding hydrogens is 375 g/mol. The molecule has 0 saturated heterocycles. The number of H-pyrrole nitrogens is 1. The summed E-state index contributed by atoms with van der Waals surface area (Å²) >= 11 is 0. The molecule has 0 unspecified atom stereocenters. The first-order chi connectivity index (χ1) is 14.1. The molecule has 0 atom stereocenters. The van der Waals surface area contributed by atoms with Crippen molar-refractivity contribution in [2.75, 3.05) is 7.11 Å². The molecule has 3 aromatic rings. The Morgan fingerprint density at radius 2 is 2.00 bits per heavy atom. The topological polar surface area (TPSA) is 82.0 Å². The number of hydrogen-bond donors (Lipinski definition) is 1. The van der Waals surface area contributed by atoms with Gasteiger partial charge in [-0.1, -0.05) is 26.2 Å². The zero-order chi connectivity index (χ0) is 20.4. The van der Waals surface area contributed by atoms with E-state index in [0.717, 1.165) is 25.1 Å². The molecule has 1 fully saturated rings. The Bertz CT molecular complexity index is 1070. The summed E-state index contributed by atoms with van der Waals surface area (Å²) in [4.78, 5) is 24.8. The van der Waals surface area contributed by atoms with Gasteiger partial charge in [-0.2, -0.15) is 4.98 Å². The van der Waals surface area contributed by atoms with Crippen LogP contribution in [0.25, 0.3) is 11.2 Å². The van der Waals surface area contributed by atoms with Gasteiger partial charge in [0.05, 0.1) is 7.11 Å². The van der Waals surface area contributed by atoms with Gasteiger partial charge < -0.3 is 14.5 Å². The summed E-state index contributed by atoms with van der Waals surface area (Å²) in [5.41, 5.74) is 0.527. The first kappa shape index (κ1) is 19.4. The molecule has 2 aromatic heterocycles. The van der Waals surface area contributed by atoms with Gasteiger partial charge in [-0.25, -0.2) is 9.37 Å². The lowest BCUT2D eigenvalue weighted by molar-refractivity contribution is 0.352. The van der Waals surface area contributed by atoms with E-state index in [0.29, 0.717) is 23.6 Å². The number of nitrogens with zero attached hydrogens (tertiary/aromatic N) is 3. The van der Waals surface area contributed by atoms with E-state index in [4.69, 9.17) is 14.5 Å². The SMILES string of the molecule is CCCn1c(Oc2ccc(F)cc2OC)nc(=O)c2[nH]c(C3CCCCC3)nc21. The van der Waals surface area contributed by atoms with Gasteiger partial charge in [-0.3, -0.25) is 9.36 Å². The molecule has 1 N–H and O–H groups in total. The van der Waals surface area contributed by atoms with Crippen LogP contribution in [0.5, 0.6) is 17.5 Å². The molecule has 29 heavy (non-hydrogen) atoms. The quantitative estimate of drug-likeness (QED) is 0.658. The minimum Gasteiger partial charge on any atom is -0.493 e. The van der Waals surface area contributed by atoms with Gasteiger partial charge in [0.1, 0.15) is 11.6 Å². The van der Waals surface area contributed by atoms with Crippen molar-refractivity contribution in [3.05, 3.63) is 40.2 Å². The minimum absolute atomic E-state index is 0.121. The van der Waals surface area contributed by atoms with E-state index in [2.05, 4.69) is 9.97 Å². The molecule has 0 aliphatic heterocycles. The molecule has 154 valence electrons. The normalized spacial score (nSPS) is 15.0. The number of ether oxygens (including phenoxy) is 2. The van der Waals surface area contributed by atoms with Crippen LogP contribution in [0.1, 0.15) is 57.2 Å². The molecule has 0 bridgehead atoms. The lowest BCUT2D eigenvalue weighted by Gasteiger charge is -2.18. The highest BCUT2D eigenvalue weighted by atomic mass is 19.1. The lowest BCUT2D eigenvalue weighted by atomic mass is 9.89. The molecule has 0 spiro atoms. The maximum absolute atomic E-state index is 13.5. The number of hydrogen-bond acceptors (Lipinski definition) is 5. The van der Waals surface area contributed by atoms with E-state index in [9.17, 15) is 9.18 Å². The van der Waals surface area contributed by atoms with Crippen LogP contribution in [0.15, 0.2) is 23.0 Å². The van der Waals surface area contributed by atoms with Gasteiger partial charge in [-0.05, 0) is 31.4 Å². The van der Waals surface area contributed by atoms with Crippen LogP contribution in [-0.4, -0.2) is 26.6 Å². The monoisotopic (exact) mass is 400 g/mol. The summed E-state index contributed by atoms with van der Waals surface area (Å²) < 4.78 is 26.4. The van der Waals surface area contributed by atoms with Crippen molar-refractivity contribution < 1.29 is 13.9 Å². The van der Waals surface area contributed by atoms with Crippen LogP contribution < -0.4 is 15.0 Å². The van der Waals surface area contributed by atoms with Crippen LogP contribution in [-0.2, 0) is 6.54 Å². The number of aromatic nitrogens is 4. The van der Waals surface area contributed by atoms with Gasteiger partial charge in [0.2, 0.25) is 0 Å². The number of aromatic amines is 1. The average molecular weight is 400 g/mol. The summed E-state index contributed by atoms with van der Waals surface area (Å²) in [5, 5.41) is 0. The molecule has 2 heterocycles. The van der Waals surface area contributed by atoms with Gasteiger partial charge >= 0.3 is 11.6 Å². The number of rotatable bonds is 6. The molecule has 1 aromatic carbocycles. The Morgan fingerprint density at radius 3 is 2.72 bits per heavy atom. The number of imidazole rings is 1. The van der Waals surface area contributed by atoms with Crippen LogP contribution >= 0.6 is 0 Å². The van der Waals surface area contributed by atoms with E-state index >= 15 is 0 Å². The van der Waals surface area contributed by atoms with Crippen molar-refractivity contribution in [1.82, 2.24) is 19.5 Å². The number of methoxy groups -OCH3 is 1. The summed E-state index contributed by atoms with van der Waals surface area (Å²) in [5.74, 6) is 1.26. The van der Waals surface area contributed by atoms with Crippen LogP contribution in [0.3, 0.4) is 0 Å². The standard InChI is InChI=1S/C21H25FN4O3/c1-3-11-26-19-17(23-18(24-19)13-7-5-4-6-8-13)20(27)25-21(26)29-15-10-9-14(22)12-16(15)28-2/h9-10,12-13H,3-8,11H2,1-2H3,(H,23,24). The van der Waals surface area contributed by atoms with Crippen LogP contribution in [0.2, 0.25) is 0 Å². The molecule has 7 nitrogen and oxygen atoms in total. The Labute approximate surface area is 167 Å². The highest BCUT2D eigenvalue weighted by Crippen LogP contribution is 2.34. The zero-order valence-corrected chi connectivity index (χ0v) is 16.7. The van der Waals surface area contributed by atoms with E-state index < -0.39 is 11.4 Å². The second kappa shape index (κ2) is 8.23. The molecule has 0 radical (unpaired) electrons. The highest BCUT2D eigenvalue weighted by molar-refractivity contribution is 5.71. The fourth-order valence-electron chi connectivity index (χ4n) is 3.92. The van der Waals surface area contributed by atoms with Crippen molar-refractivity contribution in [2.24, 2.45) is 0 Å². The largest absolute Gasteiger partial charge is 0.493 e. The number of aryl methyl sites for hydroxylation is 1. The number of halogens is 1. The number of benzene rings is 1. The fourth-order valence-corrected chi connectivity index (χ4v) is 3.92. The van der Waals surface area contributed by atoms with Gasteiger partial charge in [0, 0.05) is 18.5 Å². The van der Waals surface area contributed by atoms with E-state index in [1.807, 2.05) is 6.92 Å². The lowest BCUT2D eigenvalue weighted by Crippen LogP contribution is -2.16. The summed E-state index contributed by atoms with van der Waals surface area (Å²) in [6.07, 6.45) is 6.56. The van der Waals surface area contributed by atoms with Crippen LogP contribution in [0, 0.1) is 5.82 Å². The second-order valence-corrected chi connectivity index (χ2v) is 7.40. The van der Waals surface area contributed by atoms with E-state index in [1.165, 1.54) is 44.6 Å². The molecule has 1 aliphatic carbocycles. The highest BCUT2D eigenvalue weighted by Gasteiger charge is 2.23. The van der Waals surface area contributed by atoms with Gasteiger partial charge in [0.15, 0.2) is 22.7 Å². The average Bonchev–Trinajstić information content (AvgIpc) is 3.19. The third-order valence-corrected chi connectivity index (χ3v) is 5.37. The predicted molar refractivity (Wildman–Crippen MR) is 107 cm³/mol. The summed E-state index contributed by atoms with van der Waals surface area (Å²) in [7, 11) is 1.43. The molecule has 8 heteroatoms. The molecular formula is C21H25FN4O3. The predicted octanol–water partition coefficient (Wildman–Crippen LogP) is 4.52. The fraction of sp³-hybridized carbons (Fsp3) is 0.476. The Morgan fingerprint density at radius 1 is 1.21 bits per heavy atom. The van der Waals surface area contributed by atoms with E-state index in [-0.39, 0.29) is 17.5 Å². The van der Waals surface area contributed by atoms with E-state index in [1.54, 1.807) is 4.57 Å². The molecule has 1 aliphatic rings. The smallest absolute Gasteiger partial charge is 0.307 e. The summed E-state index contributed by atoms with van der Waals surface area (Å²) in [6.45, 7) is 2.61. The van der Waals surface area contributed by atoms with Gasteiger partial charge in [0.25, 0.3) is 0 Å². The molecule has 0 amide bonds. The van der Waals surface area contributed by atoms with Crippen molar-refractivity contribution in [1.29, 1.82) is 0 Å². The molecule has 1 saturated carbocycles. The maximum Gasteiger partial charge on any atom is 0.307 e. The minimum atomic E-state index is -0.437. The first-order valence-corrected chi connectivity index (χ1v) is 10.1. The Balaban J connectivity index is 1.79. The van der Waals surface area contributed by atoms with Crippen molar-refractivity contribution in [2.45, 2.75) is 57.9 Å². The Kier molecular flexibility index (Phi) is 5.51. The van der Waals surface area contributed by atoms with Gasteiger partial charge in [-0.15, -0.1) is 0 Å². The summed E-state index contributed by atoms with van der Waals surface area (Å²) in [6, 6.07) is 4.08. The third kappa shape index (κ3) is 3.83. The zero-order valence-electron chi connectivity index (χ0n) is 16.7. The van der Waals surface area contributed by atoms with Crippen molar-refractivity contribution in [3.63, 3.8) is 0 Å². The Hall–Kier alpha value is -2.90. The van der Waals surface area contributed by atoms with Crippen LogP contribution in [0.4, 0.5) is 4.39 Å². The first-order valence-electron chi connectivity index (χ1n) is 10.1. The number of fused-ring (bicyclic) bond motifs is 1. The maximum atomic E-state index is 13.5. The van der Waals surface area contributed by atoms with Crippen molar-refractivity contribution in [3.8, 4) is 17.5 Å². The molecule has 4 rings (SSSR count). The second-order valence-electron chi connectivity index (χ2n) is 7.40. The number of nitrogens with one attached hydrogen (secondary N) is 1.